The summed E-state index contributed by atoms with van der Waals surface area (Å²) in [5, 5.41) is 9.06. The Kier molecular flexibility index (Phi) is 3.83. The molecule has 0 aliphatic heterocycles. The molecule has 0 radical (unpaired) electrons. The van der Waals surface area contributed by atoms with Gasteiger partial charge < -0.3 is 5.11 Å². The lowest BCUT2D eigenvalue weighted by molar-refractivity contribution is 0.253. The highest BCUT2D eigenvalue weighted by atomic mass is 35.5. The first kappa shape index (κ1) is 12.6. The Balaban J connectivity index is 3.04. The average molecular weight is 243 g/mol. The fourth-order valence-corrected chi connectivity index (χ4v) is 2.25. The van der Waals surface area contributed by atoms with Crippen molar-refractivity contribution in [3.8, 4) is 11.8 Å². The molecule has 0 saturated heterocycles. The molecular formula is C12H15ClOS. The van der Waals surface area contributed by atoms with Crippen molar-refractivity contribution < 1.29 is 5.11 Å². The second-order valence-corrected chi connectivity index (χ2v) is 6.15. The number of aliphatic hydroxyl groups excluding tert-OH is 1. The summed E-state index contributed by atoms with van der Waals surface area (Å²) in [6, 6.07) is 2.00. The van der Waals surface area contributed by atoms with Crippen LogP contribution < -0.4 is 0 Å². The quantitative estimate of drug-likeness (QED) is 0.691. The SMILES string of the molecule is CC(O)C#Cc1cc(C(C)(C)C)sc1Cl. The van der Waals surface area contributed by atoms with Gasteiger partial charge in [-0.05, 0) is 18.4 Å². The number of thiophene rings is 1. The Labute approximate surface area is 100 Å². The molecule has 0 saturated carbocycles. The van der Waals surface area contributed by atoms with Gasteiger partial charge in [0.05, 0.1) is 5.56 Å². The maximum absolute atomic E-state index is 9.06. The molecule has 1 nitrogen and oxygen atoms in total. The van der Waals surface area contributed by atoms with Crippen molar-refractivity contribution in [1.29, 1.82) is 0 Å². The van der Waals surface area contributed by atoms with Crippen LogP contribution in [0.15, 0.2) is 6.07 Å². The molecule has 1 aromatic heterocycles. The number of hydrogen-bond donors (Lipinski definition) is 1. The van der Waals surface area contributed by atoms with Crippen molar-refractivity contribution in [1.82, 2.24) is 0 Å². The van der Waals surface area contributed by atoms with Crippen LogP contribution in [-0.2, 0) is 5.41 Å². The first-order valence-corrected chi connectivity index (χ1v) is 5.99. The average Bonchev–Trinajstić information content (AvgIpc) is 2.42. The van der Waals surface area contributed by atoms with Gasteiger partial charge in [0.1, 0.15) is 10.4 Å². The van der Waals surface area contributed by atoms with Gasteiger partial charge in [-0.3, -0.25) is 0 Å². The fourth-order valence-electron chi connectivity index (χ4n) is 1.01. The smallest absolute Gasteiger partial charge is 0.112 e. The summed E-state index contributed by atoms with van der Waals surface area (Å²) in [5.41, 5.74) is 0.909. The molecule has 0 aliphatic carbocycles. The second-order valence-electron chi connectivity index (χ2n) is 4.49. The summed E-state index contributed by atoms with van der Waals surface area (Å²) < 4.78 is 0.702. The van der Waals surface area contributed by atoms with Gasteiger partial charge in [0.25, 0.3) is 0 Å². The third kappa shape index (κ3) is 3.53. The highest BCUT2D eigenvalue weighted by molar-refractivity contribution is 7.16. The molecule has 0 amide bonds. The van der Waals surface area contributed by atoms with Gasteiger partial charge in [0, 0.05) is 4.88 Å². The zero-order valence-electron chi connectivity index (χ0n) is 9.39. The van der Waals surface area contributed by atoms with Crippen molar-refractivity contribution in [2.24, 2.45) is 0 Å². The van der Waals surface area contributed by atoms with Crippen molar-refractivity contribution in [3.63, 3.8) is 0 Å². The topological polar surface area (TPSA) is 20.2 Å². The van der Waals surface area contributed by atoms with Crippen LogP contribution in [0.25, 0.3) is 0 Å². The summed E-state index contributed by atoms with van der Waals surface area (Å²) in [6.07, 6.45) is -0.612. The lowest BCUT2D eigenvalue weighted by atomic mass is 9.94. The highest BCUT2D eigenvalue weighted by Crippen LogP contribution is 2.34. The van der Waals surface area contributed by atoms with Gasteiger partial charge in [0.2, 0.25) is 0 Å². The Hall–Kier alpha value is -0.490. The lowest BCUT2D eigenvalue weighted by Gasteiger charge is -2.14. The minimum atomic E-state index is -0.612. The van der Waals surface area contributed by atoms with Crippen LogP contribution in [0, 0.1) is 11.8 Å². The van der Waals surface area contributed by atoms with E-state index in [0.29, 0.717) is 4.34 Å². The molecule has 0 fully saturated rings. The molecule has 0 bridgehead atoms. The van der Waals surface area contributed by atoms with Crippen LogP contribution in [0.1, 0.15) is 38.1 Å². The number of rotatable bonds is 0. The van der Waals surface area contributed by atoms with E-state index in [1.165, 1.54) is 4.88 Å². The molecule has 3 heteroatoms. The van der Waals surface area contributed by atoms with Gasteiger partial charge in [-0.25, -0.2) is 0 Å². The van der Waals surface area contributed by atoms with Gasteiger partial charge in [-0.1, -0.05) is 44.2 Å². The number of hydrogen-bond acceptors (Lipinski definition) is 2. The van der Waals surface area contributed by atoms with Crippen LogP contribution in [0.4, 0.5) is 0 Å². The minimum Gasteiger partial charge on any atom is -0.381 e. The van der Waals surface area contributed by atoms with Crippen LogP contribution in [-0.4, -0.2) is 11.2 Å². The minimum absolute atomic E-state index is 0.0963. The van der Waals surface area contributed by atoms with Crippen LogP contribution in [0.3, 0.4) is 0 Å². The van der Waals surface area contributed by atoms with Crippen molar-refractivity contribution in [3.05, 3.63) is 20.8 Å². The van der Waals surface area contributed by atoms with Crippen LogP contribution in [0.5, 0.6) is 0 Å². The maximum atomic E-state index is 9.06. The number of halogens is 1. The van der Waals surface area contributed by atoms with Gasteiger partial charge in [-0.2, -0.15) is 0 Å². The Morgan fingerprint density at radius 2 is 2.07 bits per heavy atom. The molecule has 0 aromatic carbocycles. The van der Waals surface area contributed by atoms with E-state index in [1.807, 2.05) is 6.07 Å². The second kappa shape index (κ2) is 4.57. The van der Waals surface area contributed by atoms with Gasteiger partial charge >= 0.3 is 0 Å². The Morgan fingerprint density at radius 1 is 1.47 bits per heavy atom. The van der Waals surface area contributed by atoms with E-state index in [0.717, 1.165) is 5.56 Å². The summed E-state index contributed by atoms with van der Waals surface area (Å²) in [5.74, 6) is 5.58. The van der Waals surface area contributed by atoms with E-state index >= 15 is 0 Å². The van der Waals surface area contributed by atoms with E-state index in [1.54, 1.807) is 18.3 Å². The number of aliphatic hydroxyl groups is 1. The lowest BCUT2D eigenvalue weighted by Crippen LogP contribution is -2.07. The molecule has 1 atom stereocenters. The zero-order valence-corrected chi connectivity index (χ0v) is 11.0. The van der Waals surface area contributed by atoms with E-state index in [2.05, 4.69) is 32.6 Å². The predicted octanol–water partition coefficient (Wildman–Crippen LogP) is 3.43. The third-order valence-electron chi connectivity index (χ3n) is 1.84. The van der Waals surface area contributed by atoms with Crippen molar-refractivity contribution >= 4 is 22.9 Å². The molecule has 0 aliphatic rings. The van der Waals surface area contributed by atoms with Crippen molar-refractivity contribution in [2.75, 3.05) is 0 Å². The summed E-state index contributed by atoms with van der Waals surface area (Å²) in [4.78, 5) is 1.21. The van der Waals surface area contributed by atoms with Crippen LogP contribution >= 0.6 is 22.9 Å². The fraction of sp³-hybridized carbons (Fsp3) is 0.500. The van der Waals surface area contributed by atoms with E-state index in [4.69, 9.17) is 16.7 Å². The van der Waals surface area contributed by atoms with Crippen molar-refractivity contribution in [2.45, 2.75) is 39.2 Å². The monoisotopic (exact) mass is 242 g/mol. The van der Waals surface area contributed by atoms with Gasteiger partial charge in [-0.15, -0.1) is 11.3 Å². The Morgan fingerprint density at radius 3 is 2.47 bits per heavy atom. The molecular weight excluding hydrogens is 228 g/mol. The van der Waals surface area contributed by atoms with Gasteiger partial charge in [0.15, 0.2) is 0 Å². The zero-order chi connectivity index (χ0) is 11.6. The molecule has 1 heterocycles. The first-order valence-electron chi connectivity index (χ1n) is 4.80. The standard InChI is InChI=1S/C12H15ClOS/c1-8(14)5-6-9-7-10(12(2,3)4)15-11(9)13/h7-8,14H,1-4H3. The largest absolute Gasteiger partial charge is 0.381 e. The molecule has 1 unspecified atom stereocenters. The van der Waals surface area contributed by atoms with E-state index < -0.39 is 6.10 Å². The summed E-state index contributed by atoms with van der Waals surface area (Å²) in [7, 11) is 0. The van der Waals surface area contributed by atoms with E-state index in [-0.39, 0.29) is 5.41 Å². The Bertz CT molecular complexity index is 401. The van der Waals surface area contributed by atoms with Crippen LogP contribution in [0.2, 0.25) is 4.34 Å². The predicted molar refractivity (Wildman–Crippen MR) is 66.6 cm³/mol. The molecule has 1 rings (SSSR count). The maximum Gasteiger partial charge on any atom is 0.112 e. The molecule has 15 heavy (non-hydrogen) atoms. The summed E-state index contributed by atoms with van der Waals surface area (Å²) in [6.45, 7) is 8.06. The normalized spacial score (nSPS) is 13.2. The molecule has 1 N–H and O–H groups in total. The first-order chi connectivity index (χ1) is 6.80. The molecule has 0 spiro atoms. The summed E-state index contributed by atoms with van der Waals surface area (Å²) >= 11 is 7.62. The highest BCUT2D eigenvalue weighted by Gasteiger charge is 2.18. The molecule has 82 valence electrons. The molecule has 1 aromatic rings. The van der Waals surface area contributed by atoms with E-state index in [9.17, 15) is 0 Å². The third-order valence-corrected chi connectivity index (χ3v) is 3.63.